The molecule has 1 aliphatic rings. The summed E-state index contributed by atoms with van der Waals surface area (Å²) in [5.41, 5.74) is 1.06. The van der Waals surface area contributed by atoms with Crippen LogP contribution < -0.4 is 5.32 Å². The molecule has 82 valence electrons. The molecule has 1 aliphatic heterocycles. The number of nitrogens with one attached hydrogen (secondary N) is 1. The van der Waals surface area contributed by atoms with Gasteiger partial charge in [-0.05, 0) is 49.8 Å². The van der Waals surface area contributed by atoms with Crippen molar-refractivity contribution in [2.24, 2.45) is 0 Å². The Morgan fingerprint density at radius 3 is 3.00 bits per heavy atom. The molecule has 0 saturated carbocycles. The summed E-state index contributed by atoms with van der Waals surface area (Å²) in [6, 6.07) is 6.53. The van der Waals surface area contributed by atoms with E-state index in [1.54, 1.807) is 11.8 Å². The molecule has 1 unspecified atom stereocenters. The van der Waals surface area contributed by atoms with Crippen LogP contribution in [0.2, 0.25) is 0 Å². The fourth-order valence-corrected chi connectivity index (χ4v) is 2.47. The van der Waals surface area contributed by atoms with E-state index in [0.717, 1.165) is 23.4 Å². The van der Waals surface area contributed by atoms with Crippen molar-refractivity contribution in [1.82, 2.24) is 5.32 Å². The van der Waals surface area contributed by atoms with Crippen molar-refractivity contribution in [3.8, 4) is 5.75 Å². The number of rotatable bonds is 3. The van der Waals surface area contributed by atoms with Crippen LogP contribution in [-0.2, 0) is 6.42 Å². The average molecular weight is 223 g/mol. The Labute approximate surface area is 95.1 Å². The predicted octanol–water partition coefficient (Wildman–Crippen LogP) is 2.41. The van der Waals surface area contributed by atoms with E-state index < -0.39 is 0 Å². The van der Waals surface area contributed by atoms with Gasteiger partial charge in [0, 0.05) is 10.9 Å². The highest BCUT2D eigenvalue weighted by Gasteiger charge is 2.15. The third-order valence-electron chi connectivity index (χ3n) is 2.92. The van der Waals surface area contributed by atoms with E-state index in [1.165, 1.54) is 12.8 Å². The molecule has 0 radical (unpaired) electrons. The van der Waals surface area contributed by atoms with E-state index >= 15 is 0 Å². The lowest BCUT2D eigenvalue weighted by Gasteiger charge is -2.11. The van der Waals surface area contributed by atoms with Crippen LogP contribution in [0.4, 0.5) is 0 Å². The summed E-state index contributed by atoms with van der Waals surface area (Å²) >= 11 is 1.66. The highest BCUT2D eigenvalue weighted by atomic mass is 32.2. The van der Waals surface area contributed by atoms with Gasteiger partial charge in [0.15, 0.2) is 0 Å². The molecule has 0 amide bonds. The SMILES string of the molecule is CSc1ccc(CC2CCCN2)c(O)c1. The van der Waals surface area contributed by atoms with Gasteiger partial charge in [0.05, 0.1) is 0 Å². The average Bonchev–Trinajstić information content (AvgIpc) is 2.74. The standard InChI is InChI=1S/C12H17NOS/c1-15-11-5-4-9(12(14)8-11)7-10-3-2-6-13-10/h4-5,8,10,13-14H,2-3,6-7H2,1H3. The number of hydrogen-bond donors (Lipinski definition) is 2. The van der Waals surface area contributed by atoms with Crippen LogP contribution in [0.5, 0.6) is 5.75 Å². The number of hydrogen-bond acceptors (Lipinski definition) is 3. The highest BCUT2D eigenvalue weighted by Crippen LogP contribution is 2.26. The zero-order valence-corrected chi connectivity index (χ0v) is 9.81. The summed E-state index contributed by atoms with van der Waals surface area (Å²) in [5.74, 6) is 0.440. The quantitative estimate of drug-likeness (QED) is 0.772. The van der Waals surface area contributed by atoms with Crippen LogP contribution in [0.25, 0.3) is 0 Å². The van der Waals surface area contributed by atoms with E-state index in [-0.39, 0.29) is 0 Å². The molecule has 1 aromatic rings. The van der Waals surface area contributed by atoms with Crippen molar-refractivity contribution in [3.63, 3.8) is 0 Å². The first-order chi connectivity index (χ1) is 7.29. The summed E-state index contributed by atoms with van der Waals surface area (Å²) in [6.45, 7) is 1.12. The molecule has 2 nitrogen and oxygen atoms in total. The van der Waals surface area contributed by atoms with Gasteiger partial charge in [-0.25, -0.2) is 0 Å². The van der Waals surface area contributed by atoms with Crippen LogP contribution in [0, 0.1) is 0 Å². The zero-order chi connectivity index (χ0) is 10.7. The van der Waals surface area contributed by atoms with Crippen molar-refractivity contribution in [1.29, 1.82) is 0 Å². The molecule has 15 heavy (non-hydrogen) atoms. The second-order valence-corrected chi connectivity index (χ2v) is 4.87. The van der Waals surface area contributed by atoms with Crippen LogP contribution in [0.1, 0.15) is 18.4 Å². The molecule has 0 bridgehead atoms. The Balaban J connectivity index is 2.07. The summed E-state index contributed by atoms with van der Waals surface area (Å²) in [5, 5.41) is 13.3. The Hall–Kier alpha value is -0.670. The Morgan fingerprint density at radius 1 is 1.53 bits per heavy atom. The Morgan fingerprint density at radius 2 is 2.40 bits per heavy atom. The Bertz CT molecular complexity index is 334. The second-order valence-electron chi connectivity index (χ2n) is 3.99. The normalized spacial score (nSPS) is 20.7. The molecule has 2 N–H and O–H groups in total. The van der Waals surface area contributed by atoms with Crippen molar-refractivity contribution in [2.75, 3.05) is 12.8 Å². The molecular formula is C12H17NOS. The molecule has 1 fully saturated rings. The van der Waals surface area contributed by atoms with Crippen LogP contribution in [-0.4, -0.2) is 23.9 Å². The summed E-state index contributed by atoms with van der Waals surface area (Å²) in [6.07, 6.45) is 5.45. The molecule has 3 heteroatoms. The van der Waals surface area contributed by atoms with E-state index in [1.807, 2.05) is 18.4 Å². The maximum atomic E-state index is 9.84. The fourth-order valence-electron chi connectivity index (χ4n) is 2.04. The maximum Gasteiger partial charge on any atom is 0.119 e. The smallest absolute Gasteiger partial charge is 0.119 e. The van der Waals surface area contributed by atoms with Gasteiger partial charge in [0.25, 0.3) is 0 Å². The van der Waals surface area contributed by atoms with E-state index in [9.17, 15) is 5.11 Å². The van der Waals surface area contributed by atoms with Gasteiger partial charge in [0.1, 0.15) is 5.75 Å². The number of phenols is 1. The number of thioether (sulfide) groups is 1. The summed E-state index contributed by atoms with van der Waals surface area (Å²) in [4.78, 5) is 1.12. The molecule has 0 aromatic heterocycles. The fraction of sp³-hybridized carbons (Fsp3) is 0.500. The molecular weight excluding hydrogens is 206 g/mol. The monoisotopic (exact) mass is 223 g/mol. The molecule has 1 atom stereocenters. The minimum Gasteiger partial charge on any atom is -0.508 e. The minimum atomic E-state index is 0.440. The van der Waals surface area contributed by atoms with Gasteiger partial charge >= 0.3 is 0 Å². The lowest BCUT2D eigenvalue weighted by atomic mass is 10.0. The van der Waals surface area contributed by atoms with E-state index in [2.05, 4.69) is 11.4 Å². The number of benzene rings is 1. The molecule has 1 heterocycles. The highest BCUT2D eigenvalue weighted by molar-refractivity contribution is 7.98. The first-order valence-electron chi connectivity index (χ1n) is 5.39. The predicted molar refractivity (Wildman–Crippen MR) is 64.6 cm³/mol. The largest absolute Gasteiger partial charge is 0.508 e. The molecule has 0 aliphatic carbocycles. The first kappa shape index (κ1) is 10.8. The third kappa shape index (κ3) is 2.67. The van der Waals surface area contributed by atoms with Gasteiger partial charge in [-0.3, -0.25) is 0 Å². The van der Waals surface area contributed by atoms with Gasteiger partial charge < -0.3 is 10.4 Å². The Kier molecular flexibility index (Phi) is 3.54. The first-order valence-corrected chi connectivity index (χ1v) is 6.61. The van der Waals surface area contributed by atoms with E-state index in [0.29, 0.717) is 11.8 Å². The van der Waals surface area contributed by atoms with Crippen molar-refractivity contribution < 1.29 is 5.11 Å². The van der Waals surface area contributed by atoms with Gasteiger partial charge in [0.2, 0.25) is 0 Å². The van der Waals surface area contributed by atoms with Gasteiger partial charge in [-0.2, -0.15) is 0 Å². The zero-order valence-electron chi connectivity index (χ0n) is 8.99. The number of phenolic OH excluding ortho intramolecular Hbond substituents is 1. The van der Waals surface area contributed by atoms with Crippen LogP contribution in [0.3, 0.4) is 0 Å². The lowest BCUT2D eigenvalue weighted by Crippen LogP contribution is -2.23. The van der Waals surface area contributed by atoms with Crippen LogP contribution >= 0.6 is 11.8 Å². The van der Waals surface area contributed by atoms with Crippen LogP contribution in [0.15, 0.2) is 23.1 Å². The molecule has 1 aromatic carbocycles. The second kappa shape index (κ2) is 4.90. The third-order valence-corrected chi connectivity index (χ3v) is 3.65. The topological polar surface area (TPSA) is 32.3 Å². The van der Waals surface area contributed by atoms with Crippen molar-refractivity contribution in [3.05, 3.63) is 23.8 Å². The van der Waals surface area contributed by atoms with Crippen molar-refractivity contribution in [2.45, 2.75) is 30.2 Å². The minimum absolute atomic E-state index is 0.440. The molecule has 2 rings (SSSR count). The van der Waals surface area contributed by atoms with Crippen molar-refractivity contribution >= 4 is 11.8 Å². The lowest BCUT2D eigenvalue weighted by molar-refractivity contribution is 0.460. The summed E-state index contributed by atoms with van der Waals surface area (Å²) < 4.78 is 0. The van der Waals surface area contributed by atoms with Gasteiger partial charge in [-0.15, -0.1) is 11.8 Å². The number of aromatic hydroxyl groups is 1. The maximum absolute atomic E-state index is 9.84. The molecule has 0 spiro atoms. The van der Waals surface area contributed by atoms with Gasteiger partial charge in [-0.1, -0.05) is 6.07 Å². The summed E-state index contributed by atoms with van der Waals surface area (Å²) in [7, 11) is 0. The van der Waals surface area contributed by atoms with E-state index in [4.69, 9.17) is 0 Å². The molecule has 1 saturated heterocycles.